The van der Waals surface area contributed by atoms with Crippen molar-refractivity contribution in [1.29, 1.82) is 0 Å². The number of para-hydroxylation sites is 1. The number of rotatable bonds is 5. The fourth-order valence-electron chi connectivity index (χ4n) is 2.21. The highest BCUT2D eigenvalue weighted by Crippen LogP contribution is 2.26. The Kier molecular flexibility index (Phi) is 4.42. The zero-order valence-corrected chi connectivity index (χ0v) is 11.5. The van der Waals surface area contributed by atoms with E-state index in [1.165, 1.54) is 6.07 Å². The van der Waals surface area contributed by atoms with Crippen LogP contribution in [0.15, 0.2) is 48.8 Å². The van der Waals surface area contributed by atoms with E-state index in [-0.39, 0.29) is 22.7 Å². The summed E-state index contributed by atoms with van der Waals surface area (Å²) in [7, 11) is 0. The molecule has 0 bridgehead atoms. The van der Waals surface area contributed by atoms with Crippen molar-refractivity contribution in [3.8, 4) is 0 Å². The van der Waals surface area contributed by atoms with Gasteiger partial charge in [-0.05, 0) is 25.5 Å². The first-order valence-corrected chi connectivity index (χ1v) is 6.49. The first-order chi connectivity index (χ1) is 9.59. The van der Waals surface area contributed by atoms with Gasteiger partial charge in [0.05, 0.1) is 4.92 Å². The fraction of sp³-hybridized carbons (Fsp3) is 0.267. The van der Waals surface area contributed by atoms with Crippen molar-refractivity contribution in [3.63, 3.8) is 0 Å². The molecule has 1 aromatic heterocycles. The number of pyridine rings is 1. The lowest BCUT2D eigenvalue weighted by Crippen LogP contribution is -2.23. The summed E-state index contributed by atoms with van der Waals surface area (Å²) in [6.45, 7) is 3.94. The van der Waals surface area contributed by atoms with Gasteiger partial charge < -0.3 is 5.32 Å². The lowest BCUT2D eigenvalue weighted by atomic mass is 10.0. The number of benzene rings is 1. The van der Waals surface area contributed by atoms with Crippen LogP contribution in [-0.2, 0) is 0 Å². The van der Waals surface area contributed by atoms with Crippen LogP contribution in [0.5, 0.6) is 0 Å². The summed E-state index contributed by atoms with van der Waals surface area (Å²) in [5.41, 5.74) is 1.89. The van der Waals surface area contributed by atoms with Crippen LogP contribution in [0.1, 0.15) is 37.1 Å². The van der Waals surface area contributed by atoms with Gasteiger partial charge in [-0.1, -0.05) is 24.3 Å². The fourth-order valence-corrected chi connectivity index (χ4v) is 2.21. The molecule has 5 nitrogen and oxygen atoms in total. The summed E-state index contributed by atoms with van der Waals surface area (Å²) in [6, 6.07) is 10.6. The van der Waals surface area contributed by atoms with Gasteiger partial charge >= 0.3 is 0 Å². The van der Waals surface area contributed by atoms with Gasteiger partial charge in [0.2, 0.25) is 0 Å². The maximum absolute atomic E-state index is 11.0. The van der Waals surface area contributed by atoms with Crippen molar-refractivity contribution < 1.29 is 4.92 Å². The molecular formula is C15H17N3O2. The van der Waals surface area contributed by atoms with Crippen molar-refractivity contribution in [2.24, 2.45) is 0 Å². The third kappa shape index (κ3) is 3.19. The van der Waals surface area contributed by atoms with Crippen molar-refractivity contribution in [2.75, 3.05) is 0 Å². The Labute approximate surface area is 117 Å². The van der Waals surface area contributed by atoms with Gasteiger partial charge in [-0.15, -0.1) is 0 Å². The second-order valence-corrected chi connectivity index (χ2v) is 4.71. The molecule has 0 aliphatic rings. The summed E-state index contributed by atoms with van der Waals surface area (Å²) >= 11 is 0. The van der Waals surface area contributed by atoms with Crippen LogP contribution in [0.3, 0.4) is 0 Å². The quantitative estimate of drug-likeness (QED) is 0.668. The Morgan fingerprint density at radius 1 is 1.15 bits per heavy atom. The van der Waals surface area contributed by atoms with Gasteiger partial charge in [-0.3, -0.25) is 15.1 Å². The predicted octanol–water partition coefficient (Wildman–Crippen LogP) is 3.40. The van der Waals surface area contributed by atoms with Crippen LogP contribution in [0, 0.1) is 10.1 Å². The summed E-state index contributed by atoms with van der Waals surface area (Å²) in [4.78, 5) is 14.8. The minimum Gasteiger partial charge on any atom is -0.303 e. The van der Waals surface area contributed by atoms with Crippen molar-refractivity contribution >= 4 is 5.69 Å². The third-order valence-corrected chi connectivity index (χ3v) is 3.28. The molecule has 2 rings (SSSR count). The summed E-state index contributed by atoms with van der Waals surface area (Å²) < 4.78 is 0. The number of nitrogens with one attached hydrogen (secondary N) is 1. The van der Waals surface area contributed by atoms with E-state index in [9.17, 15) is 10.1 Å². The molecule has 5 heteroatoms. The molecular weight excluding hydrogens is 254 g/mol. The zero-order valence-electron chi connectivity index (χ0n) is 11.5. The normalized spacial score (nSPS) is 13.7. The lowest BCUT2D eigenvalue weighted by Gasteiger charge is -2.20. The van der Waals surface area contributed by atoms with Crippen LogP contribution < -0.4 is 5.32 Å². The van der Waals surface area contributed by atoms with Crippen molar-refractivity contribution in [1.82, 2.24) is 10.3 Å². The molecule has 2 unspecified atom stereocenters. The monoisotopic (exact) mass is 271 g/mol. The Hall–Kier alpha value is -2.27. The summed E-state index contributed by atoms with van der Waals surface area (Å²) in [5.74, 6) is 0. The second-order valence-electron chi connectivity index (χ2n) is 4.71. The highest BCUT2D eigenvalue weighted by molar-refractivity contribution is 5.41. The average molecular weight is 271 g/mol. The molecule has 0 amide bonds. The predicted molar refractivity (Wildman–Crippen MR) is 77.3 cm³/mol. The van der Waals surface area contributed by atoms with E-state index in [2.05, 4.69) is 10.3 Å². The Morgan fingerprint density at radius 2 is 1.90 bits per heavy atom. The van der Waals surface area contributed by atoms with Gasteiger partial charge in [0, 0.05) is 36.1 Å². The van der Waals surface area contributed by atoms with Gasteiger partial charge in [-0.25, -0.2) is 0 Å². The van der Waals surface area contributed by atoms with Crippen molar-refractivity contribution in [3.05, 3.63) is 70.0 Å². The minimum absolute atomic E-state index is 0.0681. The molecule has 0 saturated carbocycles. The lowest BCUT2D eigenvalue weighted by molar-refractivity contribution is -0.385. The molecule has 0 saturated heterocycles. The maximum atomic E-state index is 11.0. The topological polar surface area (TPSA) is 68.1 Å². The van der Waals surface area contributed by atoms with Gasteiger partial charge in [-0.2, -0.15) is 0 Å². The van der Waals surface area contributed by atoms with Crippen LogP contribution in [0.25, 0.3) is 0 Å². The molecule has 0 aliphatic heterocycles. The Bertz CT molecular complexity index is 587. The van der Waals surface area contributed by atoms with Crippen LogP contribution in [0.4, 0.5) is 5.69 Å². The number of nitro groups is 1. The van der Waals surface area contributed by atoms with Crippen LogP contribution in [-0.4, -0.2) is 9.91 Å². The summed E-state index contributed by atoms with van der Waals surface area (Å²) in [6.07, 6.45) is 3.52. The number of aromatic nitrogens is 1. The van der Waals surface area contributed by atoms with Crippen molar-refractivity contribution in [2.45, 2.75) is 25.9 Å². The maximum Gasteiger partial charge on any atom is 0.274 e. The standard InChI is InChI=1S/C15H17N3O2/c1-11(13-6-5-9-16-10-13)17-12(2)14-7-3-4-8-15(14)18(19)20/h3-12,17H,1-2H3. The van der Waals surface area contributed by atoms with E-state index < -0.39 is 0 Å². The average Bonchev–Trinajstić information content (AvgIpc) is 2.48. The highest BCUT2D eigenvalue weighted by Gasteiger charge is 2.19. The van der Waals surface area contributed by atoms with Gasteiger partial charge in [0.1, 0.15) is 0 Å². The molecule has 1 heterocycles. The van der Waals surface area contributed by atoms with E-state index >= 15 is 0 Å². The molecule has 0 fully saturated rings. The van der Waals surface area contributed by atoms with E-state index in [0.717, 1.165) is 5.56 Å². The third-order valence-electron chi connectivity index (χ3n) is 3.28. The molecule has 104 valence electrons. The number of hydrogen-bond donors (Lipinski definition) is 1. The first-order valence-electron chi connectivity index (χ1n) is 6.49. The van der Waals surface area contributed by atoms with Crippen LogP contribution in [0.2, 0.25) is 0 Å². The van der Waals surface area contributed by atoms with Crippen LogP contribution >= 0.6 is 0 Å². The Balaban J connectivity index is 2.16. The highest BCUT2D eigenvalue weighted by atomic mass is 16.6. The SMILES string of the molecule is CC(NC(C)c1ccccc1[N+](=O)[O-])c1cccnc1. The molecule has 0 radical (unpaired) electrons. The molecule has 1 aromatic carbocycles. The molecule has 2 aromatic rings. The Morgan fingerprint density at radius 3 is 2.55 bits per heavy atom. The first kappa shape index (κ1) is 14.1. The smallest absolute Gasteiger partial charge is 0.274 e. The molecule has 0 aliphatic carbocycles. The number of hydrogen-bond acceptors (Lipinski definition) is 4. The zero-order chi connectivity index (χ0) is 14.5. The minimum atomic E-state index is -0.345. The molecule has 1 N–H and O–H groups in total. The molecule has 20 heavy (non-hydrogen) atoms. The largest absolute Gasteiger partial charge is 0.303 e. The van der Waals surface area contributed by atoms with E-state index in [0.29, 0.717) is 5.56 Å². The van der Waals surface area contributed by atoms with E-state index in [1.54, 1.807) is 24.5 Å². The van der Waals surface area contributed by atoms with E-state index in [1.807, 2.05) is 32.0 Å². The molecule has 0 spiro atoms. The van der Waals surface area contributed by atoms with Gasteiger partial charge in [0.25, 0.3) is 5.69 Å². The second kappa shape index (κ2) is 6.25. The number of nitrogens with zero attached hydrogens (tertiary/aromatic N) is 2. The number of nitro benzene ring substituents is 1. The summed E-state index contributed by atoms with van der Waals surface area (Å²) in [5, 5.41) is 14.4. The van der Waals surface area contributed by atoms with Gasteiger partial charge in [0.15, 0.2) is 0 Å². The molecule has 2 atom stereocenters. The van der Waals surface area contributed by atoms with E-state index in [4.69, 9.17) is 0 Å².